The van der Waals surface area contributed by atoms with Crippen molar-refractivity contribution in [3.8, 4) is 0 Å². The number of hydrogen-bond acceptors (Lipinski definition) is 3. The molecule has 3 rings (SSSR count). The van der Waals surface area contributed by atoms with Gasteiger partial charge in [0.25, 0.3) is 0 Å². The molecule has 150 valence electrons. The van der Waals surface area contributed by atoms with Crippen LogP contribution in [0.4, 0.5) is 13.6 Å². The van der Waals surface area contributed by atoms with Crippen LogP contribution in [-0.2, 0) is 11.3 Å². The molecule has 4 nitrogen and oxygen atoms in total. The lowest BCUT2D eigenvalue weighted by Gasteiger charge is -2.24. The lowest BCUT2D eigenvalue weighted by Crippen LogP contribution is -2.42. The van der Waals surface area contributed by atoms with Crippen LogP contribution in [0.5, 0.6) is 0 Å². The van der Waals surface area contributed by atoms with E-state index in [4.69, 9.17) is 4.74 Å². The summed E-state index contributed by atoms with van der Waals surface area (Å²) in [6, 6.07) is 13.7. The quantitative estimate of drug-likeness (QED) is 0.841. The van der Waals surface area contributed by atoms with Crippen molar-refractivity contribution >= 4 is 6.09 Å². The molecule has 1 amide bonds. The fourth-order valence-electron chi connectivity index (χ4n) is 3.54. The Kier molecular flexibility index (Phi) is 5.98. The minimum absolute atomic E-state index is 0.161. The molecule has 2 atom stereocenters. The van der Waals surface area contributed by atoms with E-state index >= 15 is 0 Å². The van der Waals surface area contributed by atoms with E-state index in [-0.39, 0.29) is 12.0 Å². The van der Waals surface area contributed by atoms with Gasteiger partial charge in [-0.25, -0.2) is 13.6 Å². The van der Waals surface area contributed by atoms with Gasteiger partial charge >= 0.3 is 6.09 Å². The average molecular weight is 388 g/mol. The minimum atomic E-state index is -0.880. The zero-order valence-corrected chi connectivity index (χ0v) is 16.4. The first-order valence-corrected chi connectivity index (χ1v) is 9.42. The van der Waals surface area contributed by atoms with Gasteiger partial charge in [0.1, 0.15) is 5.60 Å². The number of alkyl carbamates (subject to hydrolysis) is 1. The van der Waals surface area contributed by atoms with E-state index in [2.05, 4.69) is 10.2 Å². The first-order chi connectivity index (χ1) is 13.2. The molecule has 1 aliphatic rings. The summed E-state index contributed by atoms with van der Waals surface area (Å²) in [5, 5.41) is 2.91. The van der Waals surface area contributed by atoms with Crippen LogP contribution in [0.2, 0.25) is 0 Å². The highest BCUT2D eigenvalue weighted by Gasteiger charge is 2.36. The van der Waals surface area contributed by atoms with E-state index < -0.39 is 23.3 Å². The van der Waals surface area contributed by atoms with Crippen molar-refractivity contribution in [3.05, 3.63) is 71.3 Å². The highest BCUT2D eigenvalue weighted by Crippen LogP contribution is 2.30. The molecule has 2 aromatic carbocycles. The van der Waals surface area contributed by atoms with Gasteiger partial charge in [0.2, 0.25) is 0 Å². The summed E-state index contributed by atoms with van der Waals surface area (Å²) in [7, 11) is 0. The first kappa shape index (κ1) is 20.3. The van der Waals surface area contributed by atoms with Crippen molar-refractivity contribution in [2.45, 2.75) is 44.9 Å². The van der Waals surface area contributed by atoms with Crippen LogP contribution in [0, 0.1) is 11.6 Å². The Morgan fingerprint density at radius 3 is 2.46 bits per heavy atom. The predicted octanol–water partition coefficient (Wildman–Crippen LogP) is 4.46. The Morgan fingerprint density at radius 2 is 1.82 bits per heavy atom. The van der Waals surface area contributed by atoms with E-state index in [0.717, 1.165) is 11.6 Å². The molecule has 1 fully saturated rings. The standard InChI is InChI=1S/C22H26F2N2O2/c1-22(2,3)28-21(27)25-20-14-26(12-15-7-5-4-6-8-15)13-17(20)16-9-10-18(23)19(24)11-16/h4-11,17,20H,12-14H2,1-3H3,(H,25,27)/t17-,20+/m0/s1. The van der Waals surface area contributed by atoms with Gasteiger partial charge in [-0.05, 0) is 44.0 Å². The normalized spacial score (nSPS) is 20.2. The number of rotatable bonds is 4. The molecule has 1 N–H and O–H groups in total. The number of halogens is 2. The number of benzene rings is 2. The Hall–Kier alpha value is -2.47. The van der Waals surface area contributed by atoms with Crippen LogP contribution in [0.1, 0.15) is 37.8 Å². The fraction of sp³-hybridized carbons (Fsp3) is 0.409. The number of nitrogens with one attached hydrogen (secondary N) is 1. The van der Waals surface area contributed by atoms with Crippen molar-refractivity contribution in [1.82, 2.24) is 10.2 Å². The number of nitrogens with zero attached hydrogens (tertiary/aromatic N) is 1. The van der Waals surface area contributed by atoms with E-state index in [1.54, 1.807) is 26.8 Å². The van der Waals surface area contributed by atoms with Gasteiger partial charge in [0, 0.05) is 25.6 Å². The van der Waals surface area contributed by atoms with Crippen LogP contribution in [0.3, 0.4) is 0 Å². The molecule has 1 aliphatic heterocycles. The molecule has 0 bridgehead atoms. The molecule has 0 aromatic heterocycles. The van der Waals surface area contributed by atoms with E-state index in [9.17, 15) is 13.6 Å². The third-order valence-electron chi connectivity index (χ3n) is 4.72. The summed E-state index contributed by atoms with van der Waals surface area (Å²) in [6.07, 6.45) is -0.508. The summed E-state index contributed by atoms with van der Waals surface area (Å²) in [6.45, 7) is 7.34. The highest BCUT2D eigenvalue weighted by atomic mass is 19.2. The maximum absolute atomic E-state index is 13.8. The Balaban J connectivity index is 1.78. The molecule has 1 saturated heterocycles. The second kappa shape index (κ2) is 8.27. The molecule has 1 heterocycles. The number of hydrogen-bond donors (Lipinski definition) is 1. The second-order valence-corrected chi connectivity index (χ2v) is 8.21. The second-order valence-electron chi connectivity index (χ2n) is 8.21. The van der Waals surface area contributed by atoms with Gasteiger partial charge < -0.3 is 10.1 Å². The van der Waals surface area contributed by atoms with Crippen molar-refractivity contribution in [2.75, 3.05) is 13.1 Å². The van der Waals surface area contributed by atoms with Crippen molar-refractivity contribution < 1.29 is 18.3 Å². The van der Waals surface area contributed by atoms with Gasteiger partial charge in [0.05, 0.1) is 6.04 Å². The van der Waals surface area contributed by atoms with Crippen molar-refractivity contribution in [3.63, 3.8) is 0 Å². The third-order valence-corrected chi connectivity index (χ3v) is 4.72. The molecule has 0 spiro atoms. The molecule has 6 heteroatoms. The van der Waals surface area contributed by atoms with Crippen LogP contribution >= 0.6 is 0 Å². The van der Waals surface area contributed by atoms with Gasteiger partial charge in [0.15, 0.2) is 11.6 Å². The Bertz CT molecular complexity index is 821. The molecule has 0 aliphatic carbocycles. The zero-order chi connectivity index (χ0) is 20.3. The topological polar surface area (TPSA) is 41.6 Å². The number of likely N-dealkylation sites (tertiary alicyclic amines) is 1. The predicted molar refractivity (Wildman–Crippen MR) is 104 cm³/mol. The zero-order valence-electron chi connectivity index (χ0n) is 16.4. The minimum Gasteiger partial charge on any atom is -0.444 e. The van der Waals surface area contributed by atoms with E-state index in [1.807, 2.05) is 30.3 Å². The molecule has 0 unspecified atom stereocenters. The van der Waals surface area contributed by atoms with Crippen LogP contribution < -0.4 is 5.32 Å². The number of amides is 1. The van der Waals surface area contributed by atoms with Crippen LogP contribution in [0.15, 0.2) is 48.5 Å². The molecule has 28 heavy (non-hydrogen) atoms. The average Bonchev–Trinajstić information content (AvgIpc) is 2.98. The van der Waals surface area contributed by atoms with Gasteiger partial charge in [-0.3, -0.25) is 4.90 Å². The summed E-state index contributed by atoms with van der Waals surface area (Å²) in [5.41, 5.74) is 1.21. The molecular weight excluding hydrogens is 362 g/mol. The molecule has 0 radical (unpaired) electrons. The molecule has 2 aromatic rings. The van der Waals surface area contributed by atoms with Gasteiger partial charge in [-0.2, -0.15) is 0 Å². The van der Waals surface area contributed by atoms with Crippen molar-refractivity contribution in [2.24, 2.45) is 0 Å². The largest absolute Gasteiger partial charge is 0.444 e. The van der Waals surface area contributed by atoms with Gasteiger partial charge in [-0.1, -0.05) is 36.4 Å². The Morgan fingerprint density at radius 1 is 1.11 bits per heavy atom. The third kappa shape index (κ3) is 5.29. The highest BCUT2D eigenvalue weighted by molar-refractivity contribution is 5.68. The Labute approximate surface area is 164 Å². The summed E-state index contributed by atoms with van der Waals surface area (Å²) in [5.74, 6) is -1.92. The lowest BCUT2D eigenvalue weighted by molar-refractivity contribution is 0.0502. The smallest absolute Gasteiger partial charge is 0.407 e. The number of carbonyl (C=O) groups is 1. The maximum Gasteiger partial charge on any atom is 0.407 e. The first-order valence-electron chi connectivity index (χ1n) is 9.42. The van der Waals surface area contributed by atoms with E-state index in [0.29, 0.717) is 25.2 Å². The van der Waals surface area contributed by atoms with Crippen molar-refractivity contribution in [1.29, 1.82) is 0 Å². The monoisotopic (exact) mass is 388 g/mol. The van der Waals surface area contributed by atoms with Crippen LogP contribution in [-0.4, -0.2) is 35.7 Å². The SMILES string of the molecule is CC(C)(C)OC(=O)N[C@@H]1CN(Cc2ccccc2)C[C@H]1c1ccc(F)c(F)c1. The number of carbonyl (C=O) groups excluding carboxylic acids is 1. The number of ether oxygens (including phenoxy) is 1. The fourth-order valence-corrected chi connectivity index (χ4v) is 3.54. The maximum atomic E-state index is 13.8. The summed E-state index contributed by atoms with van der Waals surface area (Å²) in [4.78, 5) is 14.5. The summed E-state index contributed by atoms with van der Waals surface area (Å²) >= 11 is 0. The van der Waals surface area contributed by atoms with E-state index in [1.165, 1.54) is 6.07 Å². The molecular formula is C22H26F2N2O2. The molecule has 0 saturated carbocycles. The summed E-state index contributed by atoms with van der Waals surface area (Å²) < 4.78 is 32.5. The van der Waals surface area contributed by atoms with Gasteiger partial charge in [-0.15, -0.1) is 0 Å². The van der Waals surface area contributed by atoms with Crippen LogP contribution in [0.25, 0.3) is 0 Å². The lowest BCUT2D eigenvalue weighted by atomic mass is 9.94.